The Morgan fingerprint density at radius 1 is 1.26 bits per heavy atom. The first kappa shape index (κ1) is 13.9. The Morgan fingerprint density at radius 3 is 2.68 bits per heavy atom. The number of nitrogens with zero attached hydrogens (tertiary/aromatic N) is 3. The summed E-state index contributed by atoms with van der Waals surface area (Å²) in [5.74, 6) is 1.31. The number of hydrogen-bond acceptors (Lipinski definition) is 5. The van der Waals surface area contributed by atoms with E-state index in [9.17, 15) is 0 Å². The summed E-state index contributed by atoms with van der Waals surface area (Å²) in [5, 5.41) is 3.04. The number of aryl methyl sites for hydroxylation is 1. The van der Waals surface area contributed by atoms with Crippen molar-refractivity contribution in [2.24, 2.45) is 0 Å². The Bertz CT molecular complexity index is 589. The van der Waals surface area contributed by atoms with Crippen LogP contribution >= 0.6 is 15.9 Å². The number of hydrogen-bond donors (Lipinski definition) is 1. The number of anilines is 1. The van der Waals surface area contributed by atoms with Gasteiger partial charge in [0, 0.05) is 19.9 Å². The van der Waals surface area contributed by atoms with E-state index in [0.717, 1.165) is 27.4 Å². The fraction of sp³-hybridized carbons (Fsp3) is 0.308. The molecule has 2 aromatic rings. The quantitative estimate of drug-likeness (QED) is 0.937. The van der Waals surface area contributed by atoms with Gasteiger partial charge >= 0.3 is 0 Å². The molecule has 1 N–H and O–H groups in total. The lowest BCUT2D eigenvalue weighted by atomic mass is 10.3. The minimum atomic E-state index is 0.413. The molecule has 0 saturated carbocycles. The van der Waals surface area contributed by atoms with E-state index < -0.39 is 0 Å². The minimum absolute atomic E-state index is 0.413. The number of pyridine rings is 1. The fourth-order valence-electron chi connectivity index (χ4n) is 1.67. The maximum absolute atomic E-state index is 5.15. The van der Waals surface area contributed by atoms with Gasteiger partial charge in [-0.1, -0.05) is 6.07 Å². The van der Waals surface area contributed by atoms with Crippen molar-refractivity contribution in [3.63, 3.8) is 0 Å². The first-order valence-corrected chi connectivity index (χ1v) is 6.62. The molecule has 0 radical (unpaired) electrons. The third-order valence-electron chi connectivity index (χ3n) is 2.56. The third-order valence-corrected chi connectivity index (χ3v) is 3.39. The first-order chi connectivity index (χ1) is 9.15. The summed E-state index contributed by atoms with van der Waals surface area (Å²) in [5.41, 5.74) is 2.48. The molecule has 100 valence electrons. The molecule has 5 nitrogen and oxygen atoms in total. The summed E-state index contributed by atoms with van der Waals surface area (Å²) >= 11 is 3.48. The molecule has 2 heterocycles. The number of aromatic nitrogens is 3. The smallest absolute Gasteiger partial charge is 0.180 e. The molecule has 19 heavy (non-hydrogen) atoms. The van der Waals surface area contributed by atoms with E-state index in [-0.39, 0.29) is 0 Å². The van der Waals surface area contributed by atoms with Gasteiger partial charge in [-0.15, -0.1) is 0 Å². The zero-order valence-electron chi connectivity index (χ0n) is 11.1. The van der Waals surface area contributed by atoms with Crippen LogP contribution < -0.4 is 5.32 Å². The molecule has 0 bridgehead atoms. The molecule has 0 saturated heterocycles. The van der Waals surface area contributed by atoms with Crippen molar-refractivity contribution in [2.75, 3.05) is 19.5 Å². The normalized spacial score (nSPS) is 10.5. The second-order valence-corrected chi connectivity index (χ2v) is 4.80. The lowest BCUT2D eigenvalue weighted by molar-refractivity contribution is 0.181. The van der Waals surface area contributed by atoms with E-state index >= 15 is 0 Å². The van der Waals surface area contributed by atoms with Crippen LogP contribution in [-0.4, -0.2) is 29.1 Å². The van der Waals surface area contributed by atoms with Crippen LogP contribution in [0.1, 0.15) is 11.4 Å². The van der Waals surface area contributed by atoms with E-state index in [0.29, 0.717) is 12.4 Å². The Kier molecular flexibility index (Phi) is 4.44. The zero-order valence-corrected chi connectivity index (χ0v) is 12.7. The summed E-state index contributed by atoms with van der Waals surface area (Å²) in [7, 11) is 3.45. The molecule has 0 fully saturated rings. The van der Waals surface area contributed by atoms with E-state index in [4.69, 9.17) is 4.74 Å². The average molecular weight is 323 g/mol. The number of halogens is 1. The van der Waals surface area contributed by atoms with Crippen LogP contribution in [-0.2, 0) is 11.3 Å². The van der Waals surface area contributed by atoms with Crippen molar-refractivity contribution in [3.8, 4) is 11.5 Å². The van der Waals surface area contributed by atoms with Gasteiger partial charge in [-0.2, -0.15) is 0 Å². The maximum atomic E-state index is 5.15. The van der Waals surface area contributed by atoms with Gasteiger partial charge in [0.25, 0.3) is 0 Å². The average Bonchev–Trinajstić information content (AvgIpc) is 2.41. The third kappa shape index (κ3) is 3.08. The summed E-state index contributed by atoms with van der Waals surface area (Å²) in [6, 6.07) is 5.78. The molecule has 2 rings (SSSR count). The number of ether oxygens (including phenoxy) is 1. The van der Waals surface area contributed by atoms with Gasteiger partial charge < -0.3 is 10.1 Å². The Labute approximate surface area is 120 Å². The molecule has 0 aliphatic carbocycles. The van der Waals surface area contributed by atoms with Crippen LogP contribution in [0.15, 0.2) is 22.7 Å². The second-order valence-electron chi connectivity index (χ2n) is 4.00. The number of nitrogens with one attached hydrogen (secondary N) is 1. The standard InChI is InChI=1S/C13H15BrN4O/c1-8-5-4-6-9(16-8)12-17-10(7-19-3)11(14)13(15-2)18-12/h4-6H,7H2,1-3H3,(H,15,17,18). The van der Waals surface area contributed by atoms with E-state index in [1.54, 1.807) is 7.11 Å². The largest absolute Gasteiger partial charge is 0.378 e. The molecule has 0 spiro atoms. The van der Waals surface area contributed by atoms with Crippen molar-refractivity contribution in [1.29, 1.82) is 0 Å². The maximum Gasteiger partial charge on any atom is 0.180 e. The van der Waals surface area contributed by atoms with Crippen molar-refractivity contribution in [1.82, 2.24) is 15.0 Å². The fourth-order valence-corrected chi connectivity index (χ4v) is 2.16. The van der Waals surface area contributed by atoms with Crippen molar-refractivity contribution in [3.05, 3.63) is 34.1 Å². The van der Waals surface area contributed by atoms with Crippen molar-refractivity contribution < 1.29 is 4.74 Å². The molecule has 0 aliphatic rings. The first-order valence-electron chi connectivity index (χ1n) is 5.83. The highest BCUT2D eigenvalue weighted by molar-refractivity contribution is 9.10. The molecule has 0 amide bonds. The summed E-state index contributed by atoms with van der Waals surface area (Å²) in [4.78, 5) is 13.4. The van der Waals surface area contributed by atoms with Crippen LogP contribution in [0.5, 0.6) is 0 Å². The molecule has 0 unspecified atom stereocenters. The molecular weight excluding hydrogens is 308 g/mol. The van der Waals surface area contributed by atoms with Gasteiger partial charge in [0.05, 0.1) is 16.8 Å². The molecule has 0 aromatic carbocycles. The molecule has 6 heteroatoms. The predicted molar refractivity (Wildman–Crippen MR) is 78.0 cm³/mol. The molecule has 2 aromatic heterocycles. The van der Waals surface area contributed by atoms with Gasteiger partial charge in [-0.05, 0) is 35.0 Å². The predicted octanol–water partition coefficient (Wildman–Crippen LogP) is 2.80. The lowest BCUT2D eigenvalue weighted by Gasteiger charge is -2.10. The summed E-state index contributed by atoms with van der Waals surface area (Å²) in [6.07, 6.45) is 0. The molecule has 0 aliphatic heterocycles. The lowest BCUT2D eigenvalue weighted by Crippen LogP contribution is -2.05. The number of methoxy groups -OCH3 is 1. The van der Waals surface area contributed by atoms with E-state index in [2.05, 4.69) is 36.2 Å². The van der Waals surface area contributed by atoms with Gasteiger partial charge in [-0.25, -0.2) is 15.0 Å². The highest BCUT2D eigenvalue weighted by atomic mass is 79.9. The monoisotopic (exact) mass is 322 g/mol. The van der Waals surface area contributed by atoms with Gasteiger partial charge in [0.2, 0.25) is 0 Å². The zero-order chi connectivity index (χ0) is 13.8. The highest BCUT2D eigenvalue weighted by Crippen LogP contribution is 2.26. The van der Waals surface area contributed by atoms with E-state index in [1.807, 2.05) is 32.2 Å². The topological polar surface area (TPSA) is 59.9 Å². The van der Waals surface area contributed by atoms with Gasteiger partial charge in [0.15, 0.2) is 5.82 Å². The summed E-state index contributed by atoms with van der Waals surface area (Å²) < 4.78 is 5.97. The Hall–Kier alpha value is -1.53. The van der Waals surface area contributed by atoms with Gasteiger partial charge in [0.1, 0.15) is 11.5 Å². The van der Waals surface area contributed by atoms with Crippen molar-refractivity contribution in [2.45, 2.75) is 13.5 Å². The SMILES string of the molecule is CNc1nc(-c2cccc(C)n2)nc(COC)c1Br. The van der Waals surface area contributed by atoms with Crippen LogP contribution in [0.2, 0.25) is 0 Å². The Balaban J connectivity index is 2.54. The van der Waals surface area contributed by atoms with Crippen molar-refractivity contribution >= 4 is 21.7 Å². The van der Waals surface area contributed by atoms with Crippen LogP contribution in [0.25, 0.3) is 11.5 Å². The van der Waals surface area contributed by atoms with E-state index in [1.165, 1.54) is 0 Å². The second kappa shape index (κ2) is 6.08. The highest BCUT2D eigenvalue weighted by Gasteiger charge is 2.13. The molecule has 0 atom stereocenters. The van der Waals surface area contributed by atoms with Crippen LogP contribution in [0.3, 0.4) is 0 Å². The minimum Gasteiger partial charge on any atom is -0.378 e. The Morgan fingerprint density at radius 2 is 2.05 bits per heavy atom. The van der Waals surface area contributed by atoms with Gasteiger partial charge in [-0.3, -0.25) is 0 Å². The van der Waals surface area contributed by atoms with Crippen LogP contribution in [0.4, 0.5) is 5.82 Å². The molecular formula is C13H15BrN4O. The van der Waals surface area contributed by atoms with Crippen LogP contribution in [0, 0.1) is 6.92 Å². The summed E-state index contributed by atoms with van der Waals surface area (Å²) in [6.45, 7) is 2.36. The number of rotatable bonds is 4.